The number of nitrogens with zero attached hydrogens (tertiary/aromatic N) is 4. The number of carbonyl (C=O) groups excluding carboxylic acids is 1. The van der Waals surface area contributed by atoms with Crippen molar-refractivity contribution in [3.8, 4) is 0 Å². The Morgan fingerprint density at radius 2 is 2.15 bits per heavy atom. The third-order valence-electron chi connectivity index (χ3n) is 3.63. The minimum absolute atomic E-state index is 0.168. The van der Waals surface area contributed by atoms with Crippen LogP contribution in [-0.2, 0) is 13.6 Å². The lowest BCUT2D eigenvalue weighted by Crippen LogP contribution is -2.22. The number of amides is 1. The van der Waals surface area contributed by atoms with Crippen LogP contribution in [0.2, 0.25) is 5.02 Å². The van der Waals surface area contributed by atoms with E-state index < -0.39 is 10.8 Å². The van der Waals surface area contributed by atoms with Crippen molar-refractivity contribution in [1.29, 1.82) is 0 Å². The molecule has 0 saturated heterocycles. The summed E-state index contributed by atoms with van der Waals surface area (Å²) in [5.74, 6) is -0.409. The van der Waals surface area contributed by atoms with Crippen molar-refractivity contribution in [1.82, 2.24) is 20.1 Å². The second-order valence-electron chi connectivity index (χ2n) is 5.58. The maximum Gasteiger partial charge on any atom is 0.284 e. The van der Waals surface area contributed by atoms with Crippen LogP contribution in [0.3, 0.4) is 0 Å². The topological polar surface area (TPSA) is 103 Å². The first-order valence-corrected chi connectivity index (χ1v) is 8.96. The normalized spacial score (nSPS) is 10.6. The molecule has 138 valence electrons. The lowest BCUT2D eigenvalue weighted by atomic mass is 10.1. The minimum atomic E-state index is -0.521. The maximum atomic E-state index is 12.4. The Morgan fingerprint density at radius 3 is 2.81 bits per heavy atom. The van der Waals surface area contributed by atoms with Crippen molar-refractivity contribution in [3.05, 3.63) is 75.1 Å². The second kappa shape index (κ2) is 8.19. The number of rotatable bonds is 6. The number of halogens is 1. The first-order chi connectivity index (χ1) is 12.9. The fraction of sp³-hybridized carbons (Fsp3) is 0.118. The summed E-state index contributed by atoms with van der Waals surface area (Å²) in [5.41, 5.74) is 0.865. The van der Waals surface area contributed by atoms with Gasteiger partial charge in [0.15, 0.2) is 5.16 Å². The molecule has 27 heavy (non-hydrogen) atoms. The van der Waals surface area contributed by atoms with Gasteiger partial charge in [-0.15, -0.1) is 10.2 Å². The largest absolute Gasteiger partial charge is 0.348 e. The van der Waals surface area contributed by atoms with Crippen molar-refractivity contribution in [2.45, 2.75) is 16.6 Å². The number of aryl methyl sites for hydroxylation is 1. The highest BCUT2D eigenvalue weighted by Gasteiger charge is 2.20. The number of hydrogen-bond acceptors (Lipinski definition) is 6. The Hall–Kier alpha value is -2.91. The molecule has 0 atom stereocenters. The van der Waals surface area contributed by atoms with Crippen molar-refractivity contribution in [2.24, 2.45) is 7.05 Å². The van der Waals surface area contributed by atoms with Crippen LogP contribution in [0.15, 0.2) is 58.8 Å². The smallest absolute Gasteiger partial charge is 0.284 e. The summed E-state index contributed by atoms with van der Waals surface area (Å²) in [6, 6.07) is 11.4. The van der Waals surface area contributed by atoms with Gasteiger partial charge in [0.25, 0.3) is 11.6 Å². The molecule has 0 aliphatic heterocycles. The van der Waals surface area contributed by atoms with Crippen LogP contribution in [0.25, 0.3) is 0 Å². The van der Waals surface area contributed by atoms with Crippen LogP contribution in [0, 0.1) is 10.1 Å². The Labute approximate surface area is 163 Å². The predicted octanol–water partition coefficient (Wildman–Crippen LogP) is 3.46. The van der Waals surface area contributed by atoms with Crippen LogP contribution in [0.1, 0.15) is 15.9 Å². The van der Waals surface area contributed by atoms with Gasteiger partial charge >= 0.3 is 0 Å². The van der Waals surface area contributed by atoms with E-state index in [0.717, 1.165) is 17.3 Å². The molecule has 10 heteroatoms. The third-order valence-corrected chi connectivity index (χ3v) is 4.98. The average molecular weight is 404 g/mol. The zero-order valence-corrected chi connectivity index (χ0v) is 15.7. The number of hydrogen-bond donors (Lipinski definition) is 1. The van der Waals surface area contributed by atoms with Gasteiger partial charge in [0.1, 0.15) is 6.33 Å². The predicted molar refractivity (Wildman–Crippen MR) is 101 cm³/mol. The Kier molecular flexibility index (Phi) is 5.72. The molecule has 1 amide bonds. The summed E-state index contributed by atoms with van der Waals surface area (Å²) < 4.78 is 1.65. The fourth-order valence-electron chi connectivity index (χ4n) is 2.28. The van der Waals surface area contributed by atoms with Crippen molar-refractivity contribution >= 4 is 35.0 Å². The van der Waals surface area contributed by atoms with Gasteiger partial charge in [-0.2, -0.15) is 0 Å². The Balaban J connectivity index is 1.77. The lowest BCUT2D eigenvalue weighted by Gasteiger charge is -2.07. The fourth-order valence-corrected chi connectivity index (χ4v) is 3.35. The van der Waals surface area contributed by atoms with E-state index in [-0.39, 0.29) is 17.8 Å². The molecule has 1 aromatic heterocycles. The summed E-state index contributed by atoms with van der Waals surface area (Å²) in [4.78, 5) is 23.6. The molecule has 3 rings (SSSR count). The van der Waals surface area contributed by atoms with E-state index in [1.807, 2.05) is 6.07 Å². The van der Waals surface area contributed by atoms with Gasteiger partial charge < -0.3 is 9.88 Å². The van der Waals surface area contributed by atoms with Crippen LogP contribution >= 0.6 is 23.4 Å². The van der Waals surface area contributed by atoms with Crippen LogP contribution < -0.4 is 5.32 Å². The molecule has 0 radical (unpaired) electrons. The van der Waals surface area contributed by atoms with Crippen LogP contribution in [-0.4, -0.2) is 25.6 Å². The first-order valence-electron chi connectivity index (χ1n) is 7.77. The van der Waals surface area contributed by atoms with Crippen molar-refractivity contribution < 1.29 is 9.72 Å². The summed E-state index contributed by atoms with van der Waals surface area (Å²) >= 11 is 7.03. The maximum absolute atomic E-state index is 12.4. The number of benzene rings is 2. The Bertz CT molecular complexity index is 1010. The van der Waals surface area contributed by atoms with E-state index in [1.54, 1.807) is 35.9 Å². The zero-order valence-electron chi connectivity index (χ0n) is 14.1. The summed E-state index contributed by atoms with van der Waals surface area (Å²) in [7, 11) is 1.74. The van der Waals surface area contributed by atoms with Crippen molar-refractivity contribution in [3.63, 3.8) is 0 Å². The molecule has 8 nitrogen and oxygen atoms in total. The molecule has 1 N–H and O–H groups in total. The SMILES string of the molecule is Cn1cnnc1Sc1ccc(C(=O)NCc2cccc(Cl)c2)cc1[N+](=O)[O-]. The molecule has 2 aromatic carbocycles. The van der Waals surface area contributed by atoms with E-state index in [1.165, 1.54) is 18.5 Å². The van der Waals surface area contributed by atoms with Crippen molar-refractivity contribution in [2.75, 3.05) is 0 Å². The molecule has 0 bridgehead atoms. The number of nitrogens with one attached hydrogen (secondary N) is 1. The number of aromatic nitrogens is 3. The van der Waals surface area contributed by atoms with Gasteiger partial charge in [-0.1, -0.05) is 23.7 Å². The van der Waals surface area contributed by atoms with E-state index in [2.05, 4.69) is 15.5 Å². The highest BCUT2D eigenvalue weighted by Crippen LogP contribution is 2.34. The zero-order chi connectivity index (χ0) is 19.4. The van der Waals surface area contributed by atoms with E-state index in [9.17, 15) is 14.9 Å². The molecule has 0 aliphatic rings. The molecule has 0 saturated carbocycles. The molecule has 0 spiro atoms. The van der Waals surface area contributed by atoms with Gasteiger partial charge in [0.05, 0.1) is 9.82 Å². The second-order valence-corrected chi connectivity index (χ2v) is 7.02. The molecular weight excluding hydrogens is 390 g/mol. The number of carbonyl (C=O) groups is 1. The summed E-state index contributed by atoms with van der Waals surface area (Å²) in [6.07, 6.45) is 1.51. The van der Waals surface area contributed by atoms with Gasteiger partial charge in [-0.3, -0.25) is 14.9 Å². The number of nitro groups is 1. The van der Waals surface area contributed by atoms with E-state index >= 15 is 0 Å². The monoisotopic (exact) mass is 403 g/mol. The van der Waals surface area contributed by atoms with Crippen LogP contribution in [0.5, 0.6) is 0 Å². The third kappa shape index (κ3) is 4.63. The van der Waals surface area contributed by atoms with Gasteiger partial charge in [0.2, 0.25) is 0 Å². The molecule has 0 aliphatic carbocycles. The first kappa shape index (κ1) is 18.9. The molecule has 0 fully saturated rings. The average Bonchev–Trinajstić information content (AvgIpc) is 3.04. The molecule has 3 aromatic rings. The highest BCUT2D eigenvalue weighted by molar-refractivity contribution is 7.99. The van der Waals surface area contributed by atoms with Gasteiger partial charge in [0, 0.05) is 30.2 Å². The van der Waals surface area contributed by atoms with E-state index in [0.29, 0.717) is 15.1 Å². The standard InChI is InChI=1S/C17H14ClN5O3S/c1-22-10-20-21-17(22)27-15-6-5-12(8-14(15)23(25)26)16(24)19-9-11-3-2-4-13(18)7-11/h2-8,10H,9H2,1H3,(H,19,24). The highest BCUT2D eigenvalue weighted by atomic mass is 35.5. The summed E-state index contributed by atoms with van der Waals surface area (Å²) in [6.45, 7) is 0.266. The lowest BCUT2D eigenvalue weighted by molar-refractivity contribution is -0.387. The summed E-state index contributed by atoms with van der Waals surface area (Å²) in [5, 5.41) is 22.9. The van der Waals surface area contributed by atoms with Gasteiger partial charge in [-0.05, 0) is 41.6 Å². The Morgan fingerprint density at radius 1 is 1.33 bits per heavy atom. The molecular formula is C17H14ClN5O3S. The minimum Gasteiger partial charge on any atom is -0.348 e. The van der Waals surface area contributed by atoms with E-state index in [4.69, 9.17) is 11.6 Å². The number of nitro benzene ring substituents is 1. The quantitative estimate of drug-likeness (QED) is 0.499. The molecule has 0 unspecified atom stereocenters. The van der Waals surface area contributed by atoms with Crippen LogP contribution in [0.4, 0.5) is 5.69 Å². The molecule has 1 heterocycles. The van der Waals surface area contributed by atoms with Gasteiger partial charge in [-0.25, -0.2) is 0 Å².